The molecule has 4 heterocycles. The number of pyridine rings is 1. The SMILES string of the molecule is O=S1(=O)CCc2c(sc3nc(Cn4c(O)ccc4O)c(Cl)c(-c4ccc(O)cc4)c23)C1. The summed E-state index contributed by atoms with van der Waals surface area (Å²) in [5, 5.41) is 31.0. The smallest absolute Gasteiger partial charge is 0.194 e. The number of phenolic OH excluding ortho intramolecular Hbond substituents is 1. The van der Waals surface area contributed by atoms with Gasteiger partial charge in [0.05, 0.1) is 28.8 Å². The van der Waals surface area contributed by atoms with E-state index in [1.165, 1.54) is 28.0 Å². The number of aromatic nitrogens is 2. The number of fused-ring (bicyclic) bond motifs is 3. The summed E-state index contributed by atoms with van der Waals surface area (Å²) in [6, 6.07) is 9.35. The van der Waals surface area contributed by atoms with Gasteiger partial charge in [-0.2, -0.15) is 0 Å². The van der Waals surface area contributed by atoms with E-state index in [0.29, 0.717) is 27.5 Å². The molecule has 0 atom stereocenters. The molecule has 160 valence electrons. The van der Waals surface area contributed by atoms with Crippen molar-refractivity contribution in [1.82, 2.24) is 9.55 Å². The van der Waals surface area contributed by atoms with Gasteiger partial charge in [-0.1, -0.05) is 23.7 Å². The Morgan fingerprint density at radius 2 is 1.74 bits per heavy atom. The number of halogens is 1. The van der Waals surface area contributed by atoms with Crippen molar-refractivity contribution in [1.29, 1.82) is 0 Å². The maximum atomic E-state index is 12.2. The fourth-order valence-electron chi connectivity index (χ4n) is 3.93. The minimum atomic E-state index is -3.15. The molecule has 0 aliphatic carbocycles. The molecule has 0 saturated heterocycles. The minimum Gasteiger partial charge on any atom is -0.508 e. The number of rotatable bonds is 3. The summed E-state index contributed by atoms with van der Waals surface area (Å²) >= 11 is 8.15. The molecule has 3 aromatic heterocycles. The van der Waals surface area contributed by atoms with Crippen LogP contribution in [0.25, 0.3) is 21.3 Å². The van der Waals surface area contributed by atoms with Gasteiger partial charge in [-0.15, -0.1) is 11.3 Å². The molecule has 0 bridgehead atoms. The monoisotopic (exact) mass is 476 g/mol. The molecule has 0 spiro atoms. The van der Waals surface area contributed by atoms with Crippen LogP contribution in [0.3, 0.4) is 0 Å². The number of nitrogens with zero attached hydrogens (tertiary/aromatic N) is 2. The molecule has 0 unspecified atom stereocenters. The van der Waals surface area contributed by atoms with E-state index in [-0.39, 0.29) is 35.6 Å². The van der Waals surface area contributed by atoms with Crippen molar-refractivity contribution < 1.29 is 23.7 Å². The third kappa shape index (κ3) is 3.42. The molecule has 0 radical (unpaired) electrons. The summed E-state index contributed by atoms with van der Waals surface area (Å²) in [7, 11) is -3.15. The molecule has 7 nitrogen and oxygen atoms in total. The summed E-state index contributed by atoms with van der Waals surface area (Å²) in [4.78, 5) is 6.09. The zero-order chi connectivity index (χ0) is 21.9. The third-order valence-corrected chi connectivity index (χ3v) is 8.71. The van der Waals surface area contributed by atoms with E-state index in [1.54, 1.807) is 24.3 Å². The summed E-state index contributed by atoms with van der Waals surface area (Å²) in [5.74, 6) is -0.0852. The largest absolute Gasteiger partial charge is 0.508 e. The minimum absolute atomic E-state index is 0.0233. The lowest BCUT2D eigenvalue weighted by Gasteiger charge is -2.16. The van der Waals surface area contributed by atoms with Gasteiger partial charge in [-0.25, -0.2) is 13.4 Å². The van der Waals surface area contributed by atoms with Gasteiger partial charge in [0.2, 0.25) is 0 Å². The quantitative estimate of drug-likeness (QED) is 0.411. The van der Waals surface area contributed by atoms with Gasteiger partial charge in [0, 0.05) is 28.0 Å². The Hall–Kier alpha value is -2.75. The van der Waals surface area contributed by atoms with Gasteiger partial charge in [0.15, 0.2) is 21.6 Å². The molecule has 1 aliphatic heterocycles. The second-order valence-electron chi connectivity index (χ2n) is 7.46. The van der Waals surface area contributed by atoms with Gasteiger partial charge in [0.1, 0.15) is 10.6 Å². The summed E-state index contributed by atoms with van der Waals surface area (Å²) in [5.41, 5.74) is 2.82. The van der Waals surface area contributed by atoms with E-state index in [2.05, 4.69) is 4.98 Å². The second kappa shape index (κ2) is 7.15. The van der Waals surface area contributed by atoms with Crippen molar-refractivity contribution >= 4 is 43.0 Å². The van der Waals surface area contributed by atoms with Crippen molar-refractivity contribution in [2.24, 2.45) is 0 Å². The van der Waals surface area contributed by atoms with Crippen LogP contribution < -0.4 is 0 Å². The Labute approximate surface area is 186 Å². The summed E-state index contributed by atoms with van der Waals surface area (Å²) < 4.78 is 25.6. The number of hydrogen-bond acceptors (Lipinski definition) is 7. The predicted octanol–water partition coefficient (Wildman–Crippen LogP) is 4.05. The molecule has 1 aromatic carbocycles. The highest BCUT2D eigenvalue weighted by atomic mass is 35.5. The number of thiophene rings is 1. The molecule has 4 aromatic rings. The first-order valence-electron chi connectivity index (χ1n) is 9.43. The molecule has 10 heteroatoms. The molecule has 3 N–H and O–H groups in total. The normalized spacial score (nSPS) is 15.3. The molecule has 31 heavy (non-hydrogen) atoms. The third-order valence-electron chi connectivity index (χ3n) is 5.44. The van der Waals surface area contributed by atoms with Crippen molar-refractivity contribution in [3.63, 3.8) is 0 Å². The van der Waals surface area contributed by atoms with Crippen molar-refractivity contribution in [3.05, 3.63) is 57.6 Å². The Balaban J connectivity index is 1.78. The van der Waals surface area contributed by atoms with E-state index in [1.807, 2.05) is 0 Å². The number of aromatic hydroxyl groups is 3. The highest BCUT2D eigenvalue weighted by Crippen LogP contribution is 2.45. The lowest BCUT2D eigenvalue weighted by Crippen LogP contribution is -2.17. The Morgan fingerprint density at radius 3 is 2.42 bits per heavy atom. The standard InChI is InChI=1S/C21H17ClN2O5S2/c22-20-14(9-24-16(26)5-6-17(24)27)23-21-19(18(20)11-1-3-12(25)4-2-11)13-7-8-31(28,29)10-15(13)30-21/h1-6,25-27H,7-10H2. The van der Waals surface area contributed by atoms with Crippen molar-refractivity contribution in [2.45, 2.75) is 18.7 Å². The Kier molecular flexibility index (Phi) is 4.65. The maximum Gasteiger partial charge on any atom is 0.194 e. The molecule has 0 saturated carbocycles. The number of sulfone groups is 1. The van der Waals surface area contributed by atoms with E-state index in [4.69, 9.17) is 11.6 Å². The molecular formula is C21H17ClN2O5S2. The van der Waals surface area contributed by atoms with Gasteiger partial charge in [0.25, 0.3) is 0 Å². The first-order chi connectivity index (χ1) is 14.7. The van der Waals surface area contributed by atoms with Crippen LogP contribution in [0.4, 0.5) is 0 Å². The number of hydrogen-bond donors (Lipinski definition) is 3. The van der Waals surface area contributed by atoms with Crippen molar-refractivity contribution in [3.8, 4) is 28.6 Å². The lowest BCUT2D eigenvalue weighted by atomic mass is 9.97. The van der Waals surface area contributed by atoms with Crippen LogP contribution in [0.15, 0.2) is 36.4 Å². The van der Waals surface area contributed by atoms with E-state index < -0.39 is 9.84 Å². The highest BCUT2D eigenvalue weighted by molar-refractivity contribution is 7.90. The maximum absolute atomic E-state index is 12.2. The summed E-state index contributed by atoms with van der Waals surface area (Å²) in [6.07, 6.45) is 0.388. The molecule has 1 aliphatic rings. The number of phenols is 1. The average molecular weight is 477 g/mol. The Bertz CT molecular complexity index is 1420. The van der Waals surface area contributed by atoms with Crippen LogP contribution in [-0.4, -0.2) is 39.0 Å². The summed E-state index contributed by atoms with van der Waals surface area (Å²) in [6.45, 7) is 0.0331. The van der Waals surface area contributed by atoms with Gasteiger partial charge in [-0.05, 0) is 29.7 Å². The predicted molar refractivity (Wildman–Crippen MR) is 120 cm³/mol. The van der Waals surface area contributed by atoms with Gasteiger partial charge >= 0.3 is 0 Å². The molecule has 5 rings (SSSR count). The van der Waals surface area contributed by atoms with Crippen LogP contribution in [0, 0.1) is 0 Å². The number of benzene rings is 1. The fourth-order valence-corrected chi connectivity index (χ4v) is 7.29. The first kappa shape index (κ1) is 20.2. The van der Waals surface area contributed by atoms with Crippen LogP contribution in [0.1, 0.15) is 16.1 Å². The molecule has 0 amide bonds. The number of aryl methyl sites for hydroxylation is 1. The van der Waals surface area contributed by atoms with Crippen LogP contribution in [0.5, 0.6) is 17.5 Å². The van der Waals surface area contributed by atoms with Crippen LogP contribution >= 0.6 is 22.9 Å². The zero-order valence-electron chi connectivity index (χ0n) is 16.0. The molecule has 0 fully saturated rings. The Morgan fingerprint density at radius 1 is 1.06 bits per heavy atom. The van der Waals surface area contributed by atoms with E-state index in [0.717, 1.165) is 21.4 Å². The average Bonchev–Trinajstić information content (AvgIpc) is 3.22. The second-order valence-corrected chi connectivity index (χ2v) is 11.1. The highest BCUT2D eigenvalue weighted by Gasteiger charge is 2.29. The lowest BCUT2D eigenvalue weighted by molar-refractivity contribution is 0.376. The van der Waals surface area contributed by atoms with E-state index >= 15 is 0 Å². The van der Waals surface area contributed by atoms with Gasteiger partial charge < -0.3 is 15.3 Å². The zero-order valence-corrected chi connectivity index (χ0v) is 18.4. The topological polar surface area (TPSA) is 113 Å². The van der Waals surface area contributed by atoms with Crippen LogP contribution in [0.2, 0.25) is 5.02 Å². The van der Waals surface area contributed by atoms with E-state index in [9.17, 15) is 23.7 Å². The first-order valence-corrected chi connectivity index (χ1v) is 12.4. The fraction of sp³-hybridized carbons (Fsp3) is 0.190. The van der Waals surface area contributed by atoms with Crippen molar-refractivity contribution in [2.75, 3.05) is 5.75 Å². The van der Waals surface area contributed by atoms with Gasteiger partial charge in [-0.3, -0.25) is 4.57 Å². The van der Waals surface area contributed by atoms with Crippen LogP contribution in [-0.2, 0) is 28.6 Å². The molecular weight excluding hydrogens is 460 g/mol.